The molecule has 5 nitrogen and oxygen atoms in total. The molecule has 0 saturated carbocycles. The predicted molar refractivity (Wildman–Crippen MR) is 57.6 cm³/mol. The molecule has 1 N–H and O–H groups in total. The van der Waals surface area contributed by atoms with Gasteiger partial charge in [-0.3, -0.25) is 0 Å². The fraction of sp³-hybridized carbons (Fsp3) is 0.833. The van der Waals surface area contributed by atoms with Gasteiger partial charge in [-0.25, -0.2) is 0 Å². The Morgan fingerprint density at radius 3 is 1.94 bits per heavy atom. The Kier molecular flexibility index (Phi) is 9.43. The van der Waals surface area contributed by atoms with Crippen LogP contribution in [0.5, 0.6) is 0 Å². The Morgan fingerprint density at radius 1 is 0.882 bits per heavy atom. The molecule has 0 amide bonds. The lowest BCUT2D eigenvalue weighted by molar-refractivity contribution is -0.308. The van der Waals surface area contributed by atoms with Gasteiger partial charge in [0.25, 0.3) is 0 Å². The molecule has 0 aliphatic heterocycles. The Balaban J connectivity index is 3.18. The van der Waals surface area contributed by atoms with Crippen molar-refractivity contribution in [1.82, 2.24) is 0 Å². The van der Waals surface area contributed by atoms with E-state index < -0.39 is 18.0 Å². The first kappa shape index (κ1) is 15.9. The van der Waals surface area contributed by atoms with Crippen LogP contribution in [0.25, 0.3) is 0 Å². The summed E-state index contributed by atoms with van der Waals surface area (Å²) < 4.78 is 0. The third-order valence-electron chi connectivity index (χ3n) is 2.57. The van der Waals surface area contributed by atoms with E-state index in [4.69, 9.17) is 0 Å². The van der Waals surface area contributed by atoms with Crippen molar-refractivity contribution in [2.75, 3.05) is 0 Å². The summed E-state index contributed by atoms with van der Waals surface area (Å²) in [5.41, 5.74) is 0. The second-order valence-corrected chi connectivity index (χ2v) is 4.26. The predicted octanol–water partition coefficient (Wildman–Crippen LogP) is -0.642. The van der Waals surface area contributed by atoms with Gasteiger partial charge >= 0.3 is 0 Å². The number of aliphatic hydroxyl groups is 1. The van der Waals surface area contributed by atoms with Gasteiger partial charge < -0.3 is 24.9 Å². The van der Waals surface area contributed by atoms with Crippen molar-refractivity contribution in [3.8, 4) is 0 Å². The van der Waals surface area contributed by atoms with Crippen LogP contribution < -0.4 is 10.2 Å². The van der Waals surface area contributed by atoms with E-state index in [0.717, 1.165) is 32.1 Å². The number of unbranched alkanes of at least 4 members (excludes halogenated alkanes) is 5. The zero-order valence-corrected chi connectivity index (χ0v) is 10.0. The molecule has 0 rings (SSSR count). The highest BCUT2D eigenvalue weighted by Gasteiger charge is 2.03. The Morgan fingerprint density at radius 2 is 1.41 bits per heavy atom. The van der Waals surface area contributed by atoms with Gasteiger partial charge in [-0.15, -0.1) is 0 Å². The van der Waals surface area contributed by atoms with E-state index in [1.165, 1.54) is 0 Å². The largest absolute Gasteiger partial charge is 0.550 e. The minimum atomic E-state index is -1.22. The van der Waals surface area contributed by atoms with E-state index in [1.807, 2.05) is 0 Å². The lowest BCUT2D eigenvalue weighted by Gasteiger charge is -2.10. The summed E-state index contributed by atoms with van der Waals surface area (Å²) in [6.07, 6.45) is 4.66. The van der Waals surface area contributed by atoms with Crippen LogP contribution in [0.1, 0.15) is 57.8 Å². The number of aliphatic carboxylic acids is 2. The fourth-order valence-corrected chi connectivity index (χ4v) is 1.65. The van der Waals surface area contributed by atoms with Gasteiger partial charge in [-0.2, -0.15) is 0 Å². The minimum Gasteiger partial charge on any atom is -0.550 e. The molecule has 0 heterocycles. The highest BCUT2D eigenvalue weighted by molar-refractivity contribution is 5.64. The summed E-state index contributed by atoms with van der Waals surface area (Å²) in [5.74, 6) is -2.23. The van der Waals surface area contributed by atoms with E-state index in [0.29, 0.717) is 12.8 Å². The van der Waals surface area contributed by atoms with Crippen LogP contribution in [0, 0.1) is 0 Å². The number of hydrogen-bond acceptors (Lipinski definition) is 5. The van der Waals surface area contributed by atoms with Crippen molar-refractivity contribution in [2.24, 2.45) is 0 Å². The highest BCUT2D eigenvalue weighted by atomic mass is 16.4. The number of carboxylic acid groups (broad SMARTS) is 2. The first-order valence-corrected chi connectivity index (χ1v) is 6.10. The first-order valence-electron chi connectivity index (χ1n) is 6.10. The second-order valence-electron chi connectivity index (χ2n) is 4.26. The highest BCUT2D eigenvalue weighted by Crippen LogP contribution is 2.10. The van der Waals surface area contributed by atoms with Crippen LogP contribution in [0.4, 0.5) is 0 Å². The van der Waals surface area contributed by atoms with Gasteiger partial charge in [0.05, 0.1) is 6.10 Å². The molecule has 1 atom stereocenters. The maximum absolute atomic E-state index is 10.1. The summed E-state index contributed by atoms with van der Waals surface area (Å²) in [5, 5.41) is 29.5. The minimum absolute atomic E-state index is 0.115. The van der Waals surface area contributed by atoms with Crippen molar-refractivity contribution in [3.63, 3.8) is 0 Å². The number of rotatable bonds is 11. The molecule has 100 valence electrons. The quantitative estimate of drug-likeness (QED) is 0.487. The lowest BCUT2D eigenvalue weighted by atomic mass is 10.0. The van der Waals surface area contributed by atoms with Crippen LogP contribution >= 0.6 is 0 Å². The zero-order chi connectivity index (χ0) is 13.1. The smallest absolute Gasteiger partial charge is 0.0592 e. The number of carbonyl (C=O) groups excluding carboxylic acids is 2. The zero-order valence-electron chi connectivity index (χ0n) is 10.0. The van der Waals surface area contributed by atoms with E-state index in [9.17, 15) is 24.9 Å². The van der Waals surface area contributed by atoms with Crippen molar-refractivity contribution in [3.05, 3.63) is 0 Å². The lowest BCUT2D eigenvalue weighted by Crippen LogP contribution is -2.27. The van der Waals surface area contributed by atoms with Crippen molar-refractivity contribution >= 4 is 11.9 Å². The monoisotopic (exact) mass is 244 g/mol. The maximum atomic E-state index is 10.1. The number of carboxylic acids is 2. The average Bonchev–Trinajstić information content (AvgIpc) is 2.20. The molecule has 1 unspecified atom stereocenters. The molecule has 0 aliphatic carbocycles. The van der Waals surface area contributed by atoms with Crippen molar-refractivity contribution < 1.29 is 24.9 Å². The third kappa shape index (κ3) is 12.8. The fourth-order valence-electron chi connectivity index (χ4n) is 1.65. The normalized spacial score (nSPS) is 12.3. The van der Waals surface area contributed by atoms with E-state index in [-0.39, 0.29) is 12.8 Å². The van der Waals surface area contributed by atoms with Gasteiger partial charge in [0.1, 0.15) is 0 Å². The van der Waals surface area contributed by atoms with Gasteiger partial charge in [0.2, 0.25) is 0 Å². The van der Waals surface area contributed by atoms with Gasteiger partial charge in [0, 0.05) is 18.4 Å². The molecule has 0 bridgehead atoms. The van der Waals surface area contributed by atoms with Crippen molar-refractivity contribution in [1.29, 1.82) is 0 Å². The average molecular weight is 244 g/mol. The van der Waals surface area contributed by atoms with Crippen LogP contribution in [0.15, 0.2) is 0 Å². The molecule has 17 heavy (non-hydrogen) atoms. The molecular formula is C12H20O5-2. The molecule has 0 spiro atoms. The Bertz CT molecular complexity index is 227. The molecule has 0 saturated heterocycles. The summed E-state index contributed by atoms with van der Waals surface area (Å²) in [6, 6.07) is 0. The number of hydrogen-bond donors (Lipinski definition) is 1. The summed E-state index contributed by atoms with van der Waals surface area (Å²) in [7, 11) is 0. The number of aliphatic hydroxyl groups excluding tert-OH is 1. The van der Waals surface area contributed by atoms with E-state index in [1.54, 1.807) is 0 Å². The Labute approximate surface area is 101 Å². The standard InChI is InChI=1S/C12H22O5/c13-10(9-12(16)17)7-5-3-1-2-4-6-8-11(14)15/h10,13H,1-9H2,(H,14,15)(H,16,17)/p-2. The summed E-state index contributed by atoms with van der Waals surface area (Å²) in [6.45, 7) is 0. The summed E-state index contributed by atoms with van der Waals surface area (Å²) >= 11 is 0. The summed E-state index contributed by atoms with van der Waals surface area (Å²) in [4.78, 5) is 20.3. The van der Waals surface area contributed by atoms with Gasteiger partial charge in [-0.1, -0.05) is 32.1 Å². The van der Waals surface area contributed by atoms with E-state index in [2.05, 4.69) is 0 Å². The SMILES string of the molecule is O=C([O-])CCCCCCCCC(O)CC(=O)[O-]. The van der Waals surface area contributed by atoms with E-state index >= 15 is 0 Å². The van der Waals surface area contributed by atoms with Crippen LogP contribution in [0.3, 0.4) is 0 Å². The van der Waals surface area contributed by atoms with Gasteiger partial charge in [-0.05, 0) is 19.3 Å². The molecular weight excluding hydrogens is 224 g/mol. The maximum Gasteiger partial charge on any atom is 0.0592 e. The van der Waals surface area contributed by atoms with Crippen LogP contribution in [0.2, 0.25) is 0 Å². The van der Waals surface area contributed by atoms with Gasteiger partial charge in [0.15, 0.2) is 0 Å². The molecule has 0 aromatic rings. The molecule has 0 radical (unpaired) electrons. The second kappa shape index (κ2) is 10.1. The number of carbonyl (C=O) groups is 2. The van der Waals surface area contributed by atoms with Crippen LogP contribution in [-0.2, 0) is 9.59 Å². The van der Waals surface area contributed by atoms with Crippen LogP contribution in [-0.4, -0.2) is 23.1 Å². The first-order chi connectivity index (χ1) is 8.02. The molecule has 0 fully saturated rings. The molecule has 0 aliphatic rings. The molecule has 5 heteroatoms. The topological polar surface area (TPSA) is 100 Å². The Hall–Kier alpha value is -1.10. The molecule has 0 aromatic heterocycles. The van der Waals surface area contributed by atoms with Crippen molar-refractivity contribution in [2.45, 2.75) is 63.9 Å². The molecule has 0 aromatic carbocycles. The third-order valence-corrected chi connectivity index (χ3v) is 2.57.